The average molecular weight is 416 g/mol. The molecule has 3 aromatic rings. The Hall–Kier alpha value is -3.09. The molecule has 0 fully saturated rings. The molecule has 0 unspecified atom stereocenters. The van der Waals surface area contributed by atoms with Gasteiger partial charge in [0, 0.05) is 29.4 Å². The summed E-state index contributed by atoms with van der Waals surface area (Å²) in [4.78, 5) is 23.4. The normalized spacial score (nSPS) is 10.4. The third-order valence-corrected chi connectivity index (χ3v) is 4.53. The first-order chi connectivity index (χ1) is 13.4. The molecule has 28 heavy (non-hydrogen) atoms. The summed E-state index contributed by atoms with van der Waals surface area (Å²) in [6.07, 6.45) is 0. The number of carbonyl (C=O) groups is 1. The first-order valence-corrected chi connectivity index (χ1v) is 9.02. The van der Waals surface area contributed by atoms with Gasteiger partial charge in [0.05, 0.1) is 21.2 Å². The van der Waals surface area contributed by atoms with Gasteiger partial charge in [-0.2, -0.15) is 0 Å². The second-order valence-electron chi connectivity index (χ2n) is 5.90. The Labute approximate surface area is 171 Å². The van der Waals surface area contributed by atoms with Crippen molar-refractivity contribution in [3.05, 3.63) is 98.0 Å². The number of benzene rings is 3. The molecule has 2 N–H and O–H groups in total. The van der Waals surface area contributed by atoms with Gasteiger partial charge in [0.2, 0.25) is 0 Å². The average Bonchev–Trinajstić information content (AvgIpc) is 2.69. The number of halogens is 2. The zero-order valence-electron chi connectivity index (χ0n) is 14.5. The van der Waals surface area contributed by atoms with Gasteiger partial charge in [0.25, 0.3) is 11.6 Å². The Kier molecular flexibility index (Phi) is 6.13. The third kappa shape index (κ3) is 4.79. The highest BCUT2D eigenvalue weighted by Gasteiger charge is 2.18. The number of anilines is 2. The Morgan fingerprint density at radius 1 is 0.964 bits per heavy atom. The monoisotopic (exact) mass is 415 g/mol. The molecule has 0 aromatic heterocycles. The zero-order chi connectivity index (χ0) is 20.1. The molecule has 142 valence electrons. The molecule has 0 radical (unpaired) electrons. The molecule has 0 saturated carbocycles. The Balaban J connectivity index is 1.89. The van der Waals surface area contributed by atoms with Gasteiger partial charge in [-0.1, -0.05) is 53.5 Å². The molecule has 0 spiro atoms. The number of hydrogen-bond acceptors (Lipinski definition) is 4. The fourth-order valence-corrected chi connectivity index (χ4v) is 2.90. The summed E-state index contributed by atoms with van der Waals surface area (Å²) < 4.78 is 0. The molecule has 0 aliphatic heterocycles. The molecule has 3 aromatic carbocycles. The van der Waals surface area contributed by atoms with Crippen LogP contribution in [-0.4, -0.2) is 10.8 Å². The van der Waals surface area contributed by atoms with E-state index in [9.17, 15) is 14.9 Å². The predicted molar refractivity (Wildman–Crippen MR) is 111 cm³/mol. The van der Waals surface area contributed by atoms with Crippen molar-refractivity contribution in [3.63, 3.8) is 0 Å². The maximum absolute atomic E-state index is 12.8. The van der Waals surface area contributed by atoms with E-state index in [0.717, 1.165) is 5.56 Å². The molecule has 0 aliphatic rings. The van der Waals surface area contributed by atoms with E-state index in [0.29, 0.717) is 28.0 Å². The number of rotatable bonds is 6. The molecule has 8 heteroatoms. The maximum atomic E-state index is 12.8. The number of hydrogen-bond donors (Lipinski definition) is 2. The highest BCUT2D eigenvalue weighted by atomic mass is 35.5. The van der Waals surface area contributed by atoms with Gasteiger partial charge in [-0.05, 0) is 29.8 Å². The van der Waals surface area contributed by atoms with Crippen molar-refractivity contribution in [3.8, 4) is 0 Å². The minimum Gasteiger partial charge on any atom is -0.380 e. The van der Waals surface area contributed by atoms with E-state index in [1.807, 2.05) is 30.3 Å². The van der Waals surface area contributed by atoms with Gasteiger partial charge in [-0.3, -0.25) is 14.9 Å². The van der Waals surface area contributed by atoms with Crippen molar-refractivity contribution in [2.75, 3.05) is 10.6 Å². The summed E-state index contributed by atoms with van der Waals surface area (Å²) in [7, 11) is 0. The lowest BCUT2D eigenvalue weighted by molar-refractivity contribution is -0.384. The van der Waals surface area contributed by atoms with Gasteiger partial charge >= 0.3 is 0 Å². The van der Waals surface area contributed by atoms with Crippen LogP contribution in [0.25, 0.3) is 0 Å². The van der Waals surface area contributed by atoms with E-state index in [2.05, 4.69) is 10.6 Å². The van der Waals surface area contributed by atoms with Crippen molar-refractivity contribution in [1.82, 2.24) is 0 Å². The first-order valence-electron chi connectivity index (χ1n) is 8.26. The van der Waals surface area contributed by atoms with E-state index in [1.165, 1.54) is 24.3 Å². The maximum Gasteiger partial charge on any atom is 0.270 e. The molecule has 6 nitrogen and oxygen atoms in total. The molecule has 0 aliphatic carbocycles. The molecule has 0 saturated heterocycles. The van der Waals surface area contributed by atoms with E-state index in [1.54, 1.807) is 12.1 Å². The number of amides is 1. The molecule has 0 atom stereocenters. The summed E-state index contributed by atoms with van der Waals surface area (Å²) >= 11 is 12.0. The molecular weight excluding hydrogens is 401 g/mol. The van der Waals surface area contributed by atoms with E-state index >= 15 is 0 Å². The molecule has 0 bridgehead atoms. The number of nitrogens with zero attached hydrogens (tertiary/aromatic N) is 1. The Bertz CT molecular complexity index is 1030. The summed E-state index contributed by atoms with van der Waals surface area (Å²) in [5.74, 6) is -0.538. The SMILES string of the molecule is O=C(Nc1cc(Cl)ccc1Cl)c1cc([N+](=O)[O-])ccc1NCc1ccccc1. The van der Waals surface area contributed by atoms with Crippen molar-refractivity contribution in [2.24, 2.45) is 0 Å². The second-order valence-corrected chi connectivity index (χ2v) is 6.75. The largest absolute Gasteiger partial charge is 0.380 e. The van der Waals surface area contributed by atoms with Gasteiger partial charge in [0.1, 0.15) is 0 Å². The van der Waals surface area contributed by atoms with Crippen molar-refractivity contribution < 1.29 is 9.72 Å². The molecule has 1 amide bonds. The number of nitro benzene ring substituents is 1. The minimum atomic E-state index is -0.551. The predicted octanol–water partition coefficient (Wildman–Crippen LogP) is 5.77. The molecule has 3 rings (SSSR count). The summed E-state index contributed by atoms with van der Waals surface area (Å²) in [5, 5.41) is 17.6. The van der Waals surface area contributed by atoms with Crippen LogP contribution in [0.1, 0.15) is 15.9 Å². The van der Waals surface area contributed by atoms with Crippen molar-refractivity contribution in [1.29, 1.82) is 0 Å². The standard InChI is InChI=1S/C20H15Cl2N3O3/c21-14-6-8-17(22)19(10-14)24-20(26)16-11-15(25(27)28)7-9-18(16)23-12-13-4-2-1-3-5-13/h1-11,23H,12H2,(H,24,26). The van der Waals surface area contributed by atoms with Gasteiger partial charge in [0.15, 0.2) is 0 Å². The number of nitrogens with one attached hydrogen (secondary N) is 2. The van der Waals surface area contributed by atoms with E-state index in [4.69, 9.17) is 23.2 Å². The quantitative estimate of drug-likeness (QED) is 0.395. The van der Waals surface area contributed by atoms with E-state index < -0.39 is 10.8 Å². The van der Waals surface area contributed by atoms with Crippen LogP contribution in [0.4, 0.5) is 17.1 Å². The fourth-order valence-electron chi connectivity index (χ4n) is 2.56. The van der Waals surface area contributed by atoms with Crippen LogP contribution in [-0.2, 0) is 6.54 Å². The molecular formula is C20H15Cl2N3O3. The first kappa shape index (κ1) is 19.7. The summed E-state index contributed by atoms with van der Waals surface area (Å²) in [6, 6.07) is 18.3. The van der Waals surface area contributed by atoms with Crippen LogP contribution < -0.4 is 10.6 Å². The van der Waals surface area contributed by atoms with Gasteiger partial charge < -0.3 is 10.6 Å². The Morgan fingerprint density at radius 3 is 2.43 bits per heavy atom. The highest BCUT2D eigenvalue weighted by Crippen LogP contribution is 2.28. The van der Waals surface area contributed by atoms with Gasteiger partial charge in [-0.25, -0.2) is 0 Å². The van der Waals surface area contributed by atoms with Crippen LogP contribution in [0.3, 0.4) is 0 Å². The fraction of sp³-hybridized carbons (Fsp3) is 0.0500. The molecule has 0 heterocycles. The van der Waals surface area contributed by atoms with Crippen molar-refractivity contribution in [2.45, 2.75) is 6.54 Å². The van der Waals surface area contributed by atoms with Crippen LogP contribution >= 0.6 is 23.2 Å². The van der Waals surface area contributed by atoms with Crippen molar-refractivity contribution >= 4 is 46.2 Å². The lowest BCUT2D eigenvalue weighted by Gasteiger charge is -2.13. The lowest BCUT2D eigenvalue weighted by Crippen LogP contribution is -2.15. The topological polar surface area (TPSA) is 84.3 Å². The number of nitro groups is 1. The van der Waals surface area contributed by atoms with Crippen LogP contribution in [0.2, 0.25) is 10.0 Å². The minimum absolute atomic E-state index is 0.126. The highest BCUT2D eigenvalue weighted by molar-refractivity contribution is 6.36. The van der Waals surface area contributed by atoms with Crippen LogP contribution in [0.15, 0.2) is 66.7 Å². The van der Waals surface area contributed by atoms with E-state index in [-0.39, 0.29) is 11.3 Å². The summed E-state index contributed by atoms with van der Waals surface area (Å²) in [6.45, 7) is 0.455. The van der Waals surface area contributed by atoms with Gasteiger partial charge in [-0.15, -0.1) is 0 Å². The number of non-ortho nitro benzene ring substituents is 1. The lowest BCUT2D eigenvalue weighted by atomic mass is 10.1. The van der Waals surface area contributed by atoms with Crippen LogP contribution in [0.5, 0.6) is 0 Å². The third-order valence-electron chi connectivity index (χ3n) is 3.96. The smallest absolute Gasteiger partial charge is 0.270 e. The summed E-state index contributed by atoms with van der Waals surface area (Å²) in [5.41, 5.74) is 1.73. The zero-order valence-corrected chi connectivity index (χ0v) is 16.0. The number of carbonyl (C=O) groups excluding carboxylic acids is 1. The van der Waals surface area contributed by atoms with Crippen LogP contribution in [0, 0.1) is 10.1 Å². The second kappa shape index (κ2) is 8.73. The Morgan fingerprint density at radius 2 is 1.71 bits per heavy atom.